The quantitative estimate of drug-likeness (QED) is 0.371. The first-order valence-electron chi connectivity index (χ1n) is 4.67. The van der Waals surface area contributed by atoms with Gasteiger partial charge < -0.3 is 10.1 Å². The van der Waals surface area contributed by atoms with Crippen LogP contribution in [0.5, 0.6) is 0 Å². The molecule has 0 bridgehead atoms. The number of azide groups is 1. The molecule has 0 unspecified atom stereocenters. The molecule has 0 radical (unpaired) electrons. The van der Waals surface area contributed by atoms with Gasteiger partial charge in [-0.2, -0.15) is 0 Å². The molecule has 0 atom stereocenters. The molecule has 0 spiro atoms. The summed E-state index contributed by atoms with van der Waals surface area (Å²) in [5.41, 5.74) is 8.62. The minimum atomic E-state index is -0.551. The molecule has 1 aromatic rings. The minimum Gasteiger partial charge on any atom is -0.465 e. The second-order valence-electron chi connectivity index (χ2n) is 2.97. The molecular weight excluding hydrogens is 224 g/mol. The first kappa shape index (κ1) is 12.5. The highest BCUT2D eigenvalue weighted by Gasteiger charge is 2.12. The van der Waals surface area contributed by atoms with E-state index in [0.717, 1.165) is 0 Å². The first-order chi connectivity index (χ1) is 8.19. The topological polar surface area (TPSA) is 104 Å². The Morgan fingerprint density at radius 2 is 2.18 bits per heavy atom. The van der Waals surface area contributed by atoms with Gasteiger partial charge in [0, 0.05) is 4.91 Å². The van der Waals surface area contributed by atoms with E-state index in [9.17, 15) is 9.59 Å². The molecule has 0 fully saturated rings. The summed E-state index contributed by atoms with van der Waals surface area (Å²) in [6.07, 6.45) is 0. The van der Waals surface area contributed by atoms with Crippen LogP contribution in [0.2, 0.25) is 0 Å². The molecule has 7 heteroatoms. The molecule has 0 aliphatic rings. The highest BCUT2D eigenvalue weighted by atomic mass is 16.5. The number of nitrogens with one attached hydrogen (secondary N) is 1. The van der Waals surface area contributed by atoms with Crippen molar-refractivity contribution in [1.29, 1.82) is 0 Å². The molecule has 0 aliphatic heterocycles. The van der Waals surface area contributed by atoms with Crippen LogP contribution >= 0.6 is 0 Å². The number of hydrogen-bond donors (Lipinski definition) is 1. The van der Waals surface area contributed by atoms with Gasteiger partial charge in [-0.25, -0.2) is 4.79 Å². The van der Waals surface area contributed by atoms with Crippen molar-refractivity contribution < 1.29 is 14.3 Å². The van der Waals surface area contributed by atoms with Gasteiger partial charge in [0.15, 0.2) is 0 Å². The molecule has 0 aliphatic carbocycles. The van der Waals surface area contributed by atoms with Crippen molar-refractivity contribution in [3.63, 3.8) is 0 Å². The van der Waals surface area contributed by atoms with Gasteiger partial charge in [0.25, 0.3) is 0 Å². The van der Waals surface area contributed by atoms with Crippen LogP contribution in [-0.4, -0.2) is 25.5 Å². The zero-order valence-electron chi connectivity index (χ0n) is 9.08. The van der Waals surface area contributed by atoms with E-state index in [2.05, 4.69) is 20.1 Å². The monoisotopic (exact) mass is 234 g/mol. The molecule has 1 amide bonds. The molecule has 17 heavy (non-hydrogen) atoms. The molecule has 1 N–H and O–H groups in total. The van der Waals surface area contributed by atoms with E-state index < -0.39 is 11.9 Å². The number of nitrogens with zero attached hydrogens (tertiary/aromatic N) is 3. The fourth-order valence-electron chi connectivity index (χ4n) is 1.17. The van der Waals surface area contributed by atoms with E-state index in [4.69, 9.17) is 5.53 Å². The summed E-state index contributed by atoms with van der Waals surface area (Å²) in [6.45, 7) is -0.327. The number of carbonyl (C=O) groups excluding carboxylic acids is 2. The number of ether oxygens (including phenoxy) is 1. The number of para-hydroxylation sites is 1. The summed E-state index contributed by atoms with van der Waals surface area (Å²) in [5, 5.41) is 5.57. The van der Waals surface area contributed by atoms with Gasteiger partial charge in [0.1, 0.15) is 6.54 Å². The van der Waals surface area contributed by atoms with Crippen molar-refractivity contribution in [3.05, 3.63) is 40.3 Å². The Labute approximate surface area is 97.0 Å². The third kappa shape index (κ3) is 3.51. The van der Waals surface area contributed by atoms with Crippen LogP contribution in [0, 0.1) is 0 Å². The highest BCUT2D eigenvalue weighted by molar-refractivity contribution is 6.01. The fourth-order valence-corrected chi connectivity index (χ4v) is 1.17. The van der Waals surface area contributed by atoms with Crippen molar-refractivity contribution in [2.75, 3.05) is 19.0 Å². The largest absolute Gasteiger partial charge is 0.465 e. The lowest BCUT2D eigenvalue weighted by molar-refractivity contribution is -0.114. The van der Waals surface area contributed by atoms with Crippen LogP contribution in [0.1, 0.15) is 10.4 Å². The van der Waals surface area contributed by atoms with Crippen molar-refractivity contribution >= 4 is 17.6 Å². The summed E-state index contributed by atoms with van der Waals surface area (Å²) in [6, 6.07) is 6.39. The van der Waals surface area contributed by atoms with Gasteiger partial charge in [-0.3, -0.25) is 4.79 Å². The van der Waals surface area contributed by atoms with E-state index >= 15 is 0 Å². The average molecular weight is 234 g/mol. The number of rotatable bonds is 4. The number of amides is 1. The minimum absolute atomic E-state index is 0.240. The van der Waals surface area contributed by atoms with Crippen molar-refractivity contribution in [3.8, 4) is 0 Å². The average Bonchev–Trinajstić information content (AvgIpc) is 2.36. The van der Waals surface area contributed by atoms with Crippen LogP contribution < -0.4 is 5.32 Å². The van der Waals surface area contributed by atoms with Crippen LogP contribution in [0.25, 0.3) is 10.4 Å². The van der Waals surface area contributed by atoms with Gasteiger partial charge in [0.2, 0.25) is 5.91 Å². The smallest absolute Gasteiger partial charge is 0.339 e. The Balaban J connectivity index is 2.87. The lowest BCUT2D eigenvalue weighted by atomic mass is 10.2. The molecule has 0 heterocycles. The molecule has 1 aromatic carbocycles. The Hall–Kier alpha value is -2.53. The fraction of sp³-hybridized carbons (Fsp3) is 0.200. The number of hydrogen-bond acceptors (Lipinski definition) is 4. The Kier molecular flexibility index (Phi) is 4.53. The predicted octanol–water partition coefficient (Wildman–Crippen LogP) is 1.72. The molecule has 7 nitrogen and oxygen atoms in total. The van der Waals surface area contributed by atoms with E-state index in [1.54, 1.807) is 18.2 Å². The standard InChI is InChI=1S/C10H10N4O3/c1-17-10(16)7-4-2-3-5-8(7)13-9(15)6-12-14-11/h2-5H,6H2,1H3,(H,13,15). The Morgan fingerprint density at radius 1 is 1.47 bits per heavy atom. The maximum Gasteiger partial charge on any atom is 0.339 e. The first-order valence-corrected chi connectivity index (χ1v) is 4.67. The summed E-state index contributed by atoms with van der Waals surface area (Å²) in [7, 11) is 1.25. The number of esters is 1. The molecule has 0 aromatic heterocycles. The van der Waals surface area contributed by atoms with Crippen molar-refractivity contribution in [2.24, 2.45) is 5.11 Å². The molecule has 1 rings (SSSR count). The zero-order chi connectivity index (χ0) is 12.7. The Morgan fingerprint density at radius 3 is 2.82 bits per heavy atom. The second-order valence-corrected chi connectivity index (χ2v) is 2.97. The van der Waals surface area contributed by atoms with Crippen LogP contribution in [0.15, 0.2) is 29.4 Å². The summed E-state index contributed by atoms with van der Waals surface area (Å²) in [5.74, 6) is -1.05. The van der Waals surface area contributed by atoms with Crippen molar-refractivity contribution in [2.45, 2.75) is 0 Å². The molecule has 88 valence electrons. The maximum atomic E-state index is 11.4. The molecule has 0 saturated heterocycles. The Bertz CT molecular complexity index is 480. The summed E-state index contributed by atoms with van der Waals surface area (Å²) >= 11 is 0. The van der Waals surface area contributed by atoms with E-state index in [1.165, 1.54) is 13.2 Å². The van der Waals surface area contributed by atoms with Crippen LogP contribution in [0.3, 0.4) is 0 Å². The third-order valence-corrected chi connectivity index (χ3v) is 1.88. The van der Waals surface area contributed by atoms with E-state index in [-0.39, 0.29) is 12.1 Å². The summed E-state index contributed by atoms with van der Waals surface area (Å²) in [4.78, 5) is 25.1. The normalized spacial score (nSPS) is 9.00. The van der Waals surface area contributed by atoms with Gasteiger partial charge >= 0.3 is 5.97 Å². The van der Waals surface area contributed by atoms with E-state index in [1.807, 2.05) is 0 Å². The van der Waals surface area contributed by atoms with Gasteiger partial charge in [-0.05, 0) is 17.7 Å². The van der Waals surface area contributed by atoms with Gasteiger partial charge in [-0.1, -0.05) is 17.2 Å². The number of methoxy groups -OCH3 is 1. The highest BCUT2D eigenvalue weighted by Crippen LogP contribution is 2.15. The third-order valence-electron chi connectivity index (χ3n) is 1.88. The van der Waals surface area contributed by atoms with Gasteiger partial charge in [0.05, 0.1) is 18.4 Å². The predicted molar refractivity (Wildman–Crippen MR) is 60.4 cm³/mol. The lowest BCUT2D eigenvalue weighted by Crippen LogP contribution is -2.17. The van der Waals surface area contributed by atoms with E-state index in [0.29, 0.717) is 5.69 Å². The maximum absolute atomic E-state index is 11.4. The number of carbonyl (C=O) groups is 2. The number of anilines is 1. The van der Waals surface area contributed by atoms with Crippen molar-refractivity contribution in [1.82, 2.24) is 0 Å². The lowest BCUT2D eigenvalue weighted by Gasteiger charge is -2.08. The number of benzene rings is 1. The summed E-state index contributed by atoms with van der Waals surface area (Å²) < 4.78 is 4.57. The van der Waals surface area contributed by atoms with Gasteiger partial charge in [-0.15, -0.1) is 0 Å². The molecular formula is C10H10N4O3. The zero-order valence-corrected chi connectivity index (χ0v) is 9.08. The molecule has 0 saturated carbocycles. The van der Waals surface area contributed by atoms with Crippen LogP contribution in [-0.2, 0) is 9.53 Å². The second kappa shape index (κ2) is 6.14. The SMILES string of the molecule is COC(=O)c1ccccc1NC(=O)CN=[N+]=[N-]. The van der Waals surface area contributed by atoms with Crippen LogP contribution in [0.4, 0.5) is 5.69 Å².